The van der Waals surface area contributed by atoms with Crippen molar-refractivity contribution in [2.45, 2.75) is 6.61 Å². The number of amidine groups is 1. The van der Waals surface area contributed by atoms with Gasteiger partial charge in [0, 0.05) is 14.1 Å². The molecular formula is C20H19ClN2O3S. The summed E-state index contributed by atoms with van der Waals surface area (Å²) in [5, 5.41) is 1.08. The summed E-state index contributed by atoms with van der Waals surface area (Å²) in [5.41, 5.74) is 1.79. The van der Waals surface area contributed by atoms with Crippen molar-refractivity contribution in [1.82, 2.24) is 4.90 Å². The number of carbonyl (C=O) groups excluding carboxylic acids is 1. The summed E-state index contributed by atoms with van der Waals surface area (Å²) in [5.74, 6) is 0.891. The van der Waals surface area contributed by atoms with Gasteiger partial charge in [0.1, 0.15) is 6.61 Å². The first kappa shape index (κ1) is 19.3. The Kier molecular flexibility index (Phi) is 6.08. The monoisotopic (exact) mass is 402 g/mol. The van der Waals surface area contributed by atoms with Gasteiger partial charge in [-0.3, -0.25) is 14.7 Å². The SMILES string of the molecule is CN=C1S/C(=C/c2cc(Cl)c(OCc3ccccc3)c(OC)c2)C(=O)N1C. The van der Waals surface area contributed by atoms with E-state index in [2.05, 4.69) is 4.99 Å². The van der Waals surface area contributed by atoms with Gasteiger partial charge >= 0.3 is 0 Å². The third kappa shape index (κ3) is 4.28. The lowest BCUT2D eigenvalue weighted by molar-refractivity contribution is -0.121. The molecule has 1 aliphatic heterocycles. The molecule has 1 heterocycles. The molecule has 1 fully saturated rings. The zero-order valence-electron chi connectivity index (χ0n) is 15.2. The van der Waals surface area contributed by atoms with Crippen LogP contribution in [0.5, 0.6) is 11.5 Å². The van der Waals surface area contributed by atoms with Crippen molar-refractivity contribution >= 4 is 40.5 Å². The number of benzene rings is 2. The number of halogens is 1. The lowest BCUT2D eigenvalue weighted by atomic mass is 10.1. The number of amides is 1. The van der Waals surface area contributed by atoms with Crippen molar-refractivity contribution in [1.29, 1.82) is 0 Å². The van der Waals surface area contributed by atoms with Crippen LogP contribution in [-0.4, -0.2) is 37.2 Å². The van der Waals surface area contributed by atoms with Gasteiger partial charge < -0.3 is 9.47 Å². The average molecular weight is 403 g/mol. The fourth-order valence-electron chi connectivity index (χ4n) is 2.59. The van der Waals surface area contributed by atoms with Crippen molar-refractivity contribution in [3.05, 3.63) is 63.5 Å². The van der Waals surface area contributed by atoms with Gasteiger partial charge in [0.15, 0.2) is 16.7 Å². The maximum atomic E-state index is 12.3. The molecule has 0 spiro atoms. The predicted octanol–water partition coefficient (Wildman–Crippen LogP) is 4.46. The molecule has 1 saturated heterocycles. The van der Waals surface area contributed by atoms with Gasteiger partial charge in [0.2, 0.25) is 0 Å². The highest BCUT2D eigenvalue weighted by Gasteiger charge is 2.29. The Morgan fingerprint density at radius 1 is 1.26 bits per heavy atom. The molecule has 3 rings (SSSR count). The minimum Gasteiger partial charge on any atom is -0.493 e. The number of aliphatic imine (C=N–C) groups is 1. The van der Waals surface area contributed by atoms with Crippen LogP contribution < -0.4 is 9.47 Å². The van der Waals surface area contributed by atoms with Crippen LogP contribution >= 0.6 is 23.4 Å². The fraction of sp³-hybridized carbons (Fsp3) is 0.200. The van der Waals surface area contributed by atoms with Crippen molar-refractivity contribution in [3.8, 4) is 11.5 Å². The first-order valence-corrected chi connectivity index (χ1v) is 9.41. The average Bonchev–Trinajstić information content (AvgIpc) is 2.95. The molecule has 1 amide bonds. The molecule has 0 aliphatic carbocycles. The number of rotatable bonds is 5. The van der Waals surface area contributed by atoms with E-state index in [0.717, 1.165) is 11.1 Å². The fourth-order valence-corrected chi connectivity index (χ4v) is 3.79. The molecule has 0 radical (unpaired) electrons. The quantitative estimate of drug-likeness (QED) is 0.693. The Labute approximate surface area is 167 Å². The number of hydrogen-bond donors (Lipinski definition) is 0. The maximum Gasteiger partial charge on any atom is 0.266 e. The van der Waals surface area contributed by atoms with E-state index in [-0.39, 0.29) is 5.91 Å². The molecule has 0 saturated carbocycles. The van der Waals surface area contributed by atoms with E-state index in [1.54, 1.807) is 39.4 Å². The van der Waals surface area contributed by atoms with Crippen LogP contribution in [0.15, 0.2) is 52.4 Å². The van der Waals surface area contributed by atoms with Gasteiger partial charge in [-0.15, -0.1) is 0 Å². The summed E-state index contributed by atoms with van der Waals surface area (Å²) in [6, 6.07) is 13.4. The lowest BCUT2D eigenvalue weighted by Gasteiger charge is -2.13. The van der Waals surface area contributed by atoms with Crippen molar-refractivity contribution in [3.63, 3.8) is 0 Å². The number of carbonyl (C=O) groups is 1. The molecule has 0 N–H and O–H groups in total. The lowest BCUT2D eigenvalue weighted by Crippen LogP contribution is -2.23. The van der Waals surface area contributed by atoms with E-state index in [4.69, 9.17) is 21.1 Å². The van der Waals surface area contributed by atoms with Crippen LogP contribution in [0.2, 0.25) is 5.02 Å². The normalized spacial score (nSPS) is 17.0. The number of nitrogens with zero attached hydrogens (tertiary/aromatic N) is 2. The van der Waals surface area contributed by atoms with Crippen molar-refractivity contribution < 1.29 is 14.3 Å². The topological polar surface area (TPSA) is 51.1 Å². The Bertz CT molecular complexity index is 913. The molecular weight excluding hydrogens is 384 g/mol. The second kappa shape index (κ2) is 8.50. The number of methoxy groups -OCH3 is 1. The van der Waals surface area contributed by atoms with Gasteiger partial charge in [-0.05, 0) is 41.1 Å². The largest absolute Gasteiger partial charge is 0.493 e. The highest BCUT2D eigenvalue weighted by molar-refractivity contribution is 8.18. The summed E-state index contributed by atoms with van der Waals surface area (Å²) >= 11 is 7.75. The molecule has 0 aromatic heterocycles. The van der Waals surface area contributed by atoms with E-state index in [0.29, 0.717) is 33.2 Å². The zero-order valence-corrected chi connectivity index (χ0v) is 16.8. The Hall–Kier alpha value is -2.44. The second-order valence-corrected chi connectivity index (χ2v) is 7.21. The van der Waals surface area contributed by atoms with E-state index in [1.165, 1.54) is 16.7 Å². The van der Waals surface area contributed by atoms with Crippen molar-refractivity contribution in [2.75, 3.05) is 21.2 Å². The van der Waals surface area contributed by atoms with Gasteiger partial charge in [-0.25, -0.2) is 0 Å². The van der Waals surface area contributed by atoms with Gasteiger partial charge in [-0.2, -0.15) is 0 Å². The number of thioether (sulfide) groups is 1. The predicted molar refractivity (Wildman–Crippen MR) is 110 cm³/mol. The van der Waals surface area contributed by atoms with Crippen LogP contribution in [0.4, 0.5) is 0 Å². The van der Waals surface area contributed by atoms with Crippen LogP contribution in [-0.2, 0) is 11.4 Å². The van der Waals surface area contributed by atoms with Crippen LogP contribution in [0.3, 0.4) is 0 Å². The molecule has 140 valence electrons. The molecule has 0 atom stereocenters. The minimum absolute atomic E-state index is 0.0971. The Balaban J connectivity index is 1.86. The van der Waals surface area contributed by atoms with Crippen LogP contribution in [0.25, 0.3) is 6.08 Å². The van der Waals surface area contributed by atoms with E-state index >= 15 is 0 Å². The van der Waals surface area contributed by atoms with E-state index < -0.39 is 0 Å². The standard InChI is InChI=1S/C20H19ClN2O3S/c1-22-20-23(2)19(24)17(27-20)11-14-9-15(21)18(16(10-14)25-3)26-12-13-7-5-4-6-8-13/h4-11H,12H2,1-3H3/b17-11+,22-20?. The molecule has 1 aliphatic rings. The Morgan fingerprint density at radius 3 is 2.63 bits per heavy atom. The molecule has 0 unspecified atom stereocenters. The van der Waals surface area contributed by atoms with Crippen LogP contribution in [0, 0.1) is 0 Å². The number of hydrogen-bond acceptors (Lipinski definition) is 5. The third-order valence-electron chi connectivity index (χ3n) is 3.97. The van der Waals surface area contributed by atoms with Crippen molar-refractivity contribution in [2.24, 2.45) is 4.99 Å². The minimum atomic E-state index is -0.0971. The van der Waals surface area contributed by atoms with Crippen LogP contribution in [0.1, 0.15) is 11.1 Å². The highest BCUT2D eigenvalue weighted by Crippen LogP contribution is 2.39. The number of ether oxygens (including phenoxy) is 2. The van der Waals surface area contributed by atoms with Gasteiger partial charge in [0.05, 0.1) is 17.0 Å². The molecule has 2 aromatic carbocycles. The number of likely N-dealkylation sites (N-methyl/N-ethyl adjacent to an activating group) is 1. The third-order valence-corrected chi connectivity index (χ3v) is 5.40. The first-order valence-electron chi connectivity index (χ1n) is 8.22. The Morgan fingerprint density at radius 2 is 2.00 bits per heavy atom. The molecule has 2 aromatic rings. The zero-order chi connectivity index (χ0) is 19.4. The smallest absolute Gasteiger partial charge is 0.266 e. The molecule has 27 heavy (non-hydrogen) atoms. The van der Waals surface area contributed by atoms with Gasteiger partial charge in [-0.1, -0.05) is 41.9 Å². The molecule has 7 heteroatoms. The van der Waals surface area contributed by atoms with E-state index in [1.807, 2.05) is 30.3 Å². The maximum absolute atomic E-state index is 12.3. The summed E-state index contributed by atoms with van der Waals surface area (Å²) < 4.78 is 11.3. The molecule has 5 nitrogen and oxygen atoms in total. The van der Waals surface area contributed by atoms with E-state index in [9.17, 15) is 4.79 Å². The second-order valence-electron chi connectivity index (χ2n) is 5.79. The molecule has 0 bridgehead atoms. The summed E-state index contributed by atoms with van der Waals surface area (Å²) in [7, 11) is 4.92. The summed E-state index contributed by atoms with van der Waals surface area (Å²) in [4.78, 5) is 18.5. The first-order chi connectivity index (χ1) is 13.0. The highest BCUT2D eigenvalue weighted by atomic mass is 35.5. The van der Waals surface area contributed by atoms with Gasteiger partial charge in [0.25, 0.3) is 5.91 Å². The summed E-state index contributed by atoms with van der Waals surface area (Å²) in [6.07, 6.45) is 1.77. The summed E-state index contributed by atoms with van der Waals surface area (Å²) in [6.45, 7) is 0.382.